The highest BCUT2D eigenvalue weighted by atomic mass is 16.5. The van der Waals surface area contributed by atoms with E-state index in [1.165, 1.54) is 5.56 Å². The van der Waals surface area contributed by atoms with Crippen LogP contribution < -0.4 is 10.1 Å². The number of nitrogens with zero attached hydrogens (tertiary/aromatic N) is 2. The van der Waals surface area contributed by atoms with Gasteiger partial charge < -0.3 is 14.8 Å². The fourth-order valence-electron chi connectivity index (χ4n) is 3.36. The van der Waals surface area contributed by atoms with Crippen LogP contribution in [0.4, 0.5) is 0 Å². The van der Waals surface area contributed by atoms with Gasteiger partial charge in [0.05, 0.1) is 18.9 Å². The van der Waals surface area contributed by atoms with E-state index in [1.807, 2.05) is 31.2 Å². The number of carbonyl (C=O) groups is 1. The van der Waals surface area contributed by atoms with E-state index in [4.69, 9.17) is 9.47 Å². The molecule has 0 bridgehead atoms. The van der Waals surface area contributed by atoms with E-state index in [0.29, 0.717) is 31.3 Å². The van der Waals surface area contributed by atoms with Crippen LogP contribution in [0.5, 0.6) is 5.88 Å². The second-order valence-corrected chi connectivity index (χ2v) is 7.27. The number of benzene rings is 1. The van der Waals surface area contributed by atoms with Crippen LogP contribution in [-0.2, 0) is 11.3 Å². The molecule has 1 aromatic carbocycles. The number of carbonyl (C=O) groups excluding carboxylic acids is 1. The second-order valence-electron chi connectivity index (χ2n) is 7.27. The van der Waals surface area contributed by atoms with Crippen molar-refractivity contribution in [3.63, 3.8) is 0 Å². The molecule has 7 heteroatoms. The summed E-state index contributed by atoms with van der Waals surface area (Å²) >= 11 is 0. The summed E-state index contributed by atoms with van der Waals surface area (Å²) in [4.78, 5) is 16.8. The summed E-state index contributed by atoms with van der Waals surface area (Å²) in [6.45, 7) is 5.77. The summed E-state index contributed by atoms with van der Waals surface area (Å²) in [5.41, 5.74) is 5.43. The number of rotatable bonds is 6. The lowest BCUT2D eigenvalue weighted by Gasteiger charge is -2.11. The van der Waals surface area contributed by atoms with Crippen LogP contribution in [0.2, 0.25) is 0 Å². The van der Waals surface area contributed by atoms with E-state index in [1.54, 1.807) is 12.3 Å². The van der Waals surface area contributed by atoms with Gasteiger partial charge in [-0.2, -0.15) is 5.10 Å². The maximum Gasteiger partial charge on any atom is 0.269 e. The number of ether oxygens (including phenoxy) is 2. The number of nitrogens with one attached hydrogen (secondary N) is 2. The highest BCUT2D eigenvalue weighted by molar-refractivity contribution is 5.93. The number of H-pyrrole nitrogens is 1. The van der Waals surface area contributed by atoms with Crippen molar-refractivity contribution in [3.05, 3.63) is 65.0 Å². The Kier molecular flexibility index (Phi) is 5.57. The van der Waals surface area contributed by atoms with Crippen molar-refractivity contribution in [1.82, 2.24) is 20.5 Å². The van der Waals surface area contributed by atoms with Crippen LogP contribution in [0, 0.1) is 13.8 Å². The molecule has 0 spiro atoms. The molecule has 29 heavy (non-hydrogen) atoms. The van der Waals surface area contributed by atoms with Crippen molar-refractivity contribution in [2.75, 3.05) is 13.2 Å². The normalized spacial score (nSPS) is 16.0. The number of aromatic amines is 1. The topological polar surface area (TPSA) is 89.1 Å². The predicted octanol–water partition coefficient (Wildman–Crippen LogP) is 3.19. The van der Waals surface area contributed by atoms with Gasteiger partial charge >= 0.3 is 0 Å². The molecule has 1 aliphatic heterocycles. The average molecular weight is 392 g/mol. The Hall–Kier alpha value is -3.19. The monoisotopic (exact) mass is 392 g/mol. The van der Waals surface area contributed by atoms with Gasteiger partial charge in [-0.3, -0.25) is 9.89 Å². The molecular formula is C22H24N4O3. The summed E-state index contributed by atoms with van der Waals surface area (Å²) in [6.07, 6.45) is 2.59. The van der Waals surface area contributed by atoms with Gasteiger partial charge in [0.15, 0.2) is 0 Å². The Morgan fingerprint density at radius 2 is 2.17 bits per heavy atom. The van der Waals surface area contributed by atoms with Crippen molar-refractivity contribution < 1.29 is 14.3 Å². The molecule has 0 saturated carbocycles. The van der Waals surface area contributed by atoms with Crippen molar-refractivity contribution in [2.45, 2.75) is 32.9 Å². The van der Waals surface area contributed by atoms with Crippen LogP contribution in [0.25, 0.3) is 11.3 Å². The van der Waals surface area contributed by atoms with Crippen LogP contribution >= 0.6 is 0 Å². The third-order valence-corrected chi connectivity index (χ3v) is 4.91. The Balaban J connectivity index is 1.38. The second kappa shape index (κ2) is 8.45. The van der Waals surface area contributed by atoms with E-state index in [2.05, 4.69) is 33.5 Å². The molecule has 1 saturated heterocycles. The third-order valence-electron chi connectivity index (χ3n) is 4.91. The SMILES string of the molecule is Cc1ccc(-c2cc(C(=O)NCc3ccnc(O[C@H]4CCOC4)c3)[nH]n2)c(C)c1. The Morgan fingerprint density at radius 1 is 1.28 bits per heavy atom. The average Bonchev–Trinajstić information content (AvgIpc) is 3.39. The molecule has 0 aliphatic carbocycles. The number of aryl methyl sites for hydroxylation is 2. The van der Waals surface area contributed by atoms with Gasteiger partial charge in [-0.1, -0.05) is 23.8 Å². The van der Waals surface area contributed by atoms with Gasteiger partial charge in [-0.05, 0) is 37.1 Å². The van der Waals surface area contributed by atoms with Crippen LogP contribution in [0.3, 0.4) is 0 Å². The largest absolute Gasteiger partial charge is 0.472 e. The first-order valence-electron chi connectivity index (χ1n) is 9.69. The minimum absolute atomic E-state index is 0.0426. The molecule has 0 radical (unpaired) electrons. The highest BCUT2D eigenvalue weighted by Gasteiger charge is 2.18. The Morgan fingerprint density at radius 3 is 2.97 bits per heavy atom. The number of hydrogen-bond acceptors (Lipinski definition) is 5. The lowest BCUT2D eigenvalue weighted by molar-refractivity contribution is 0.0945. The third kappa shape index (κ3) is 4.63. The van der Waals surface area contributed by atoms with Crippen molar-refractivity contribution in [3.8, 4) is 17.1 Å². The molecule has 1 atom stereocenters. The molecule has 0 unspecified atom stereocenters. The minimum atomic E-state index is -0.211. The van der Waals surface area contributed by atoms with E-state index in [9.17, 15) is 4.79 Å². The Labute approximate surface area is 169 Å². The summed E-state index contributed by atoms with van der Waals surface area (Å²) in [5.74, 6) is 0.336. The first kappa shape index (κ1) is 19.1. The zero-order valence-electron chi connectivity index (χ0n) is 16.6. The zero-order valence-corrected chi connectivity index (χ0v) is 16.6. The first-order valence-corrected chi connectivity index (χ1v) is 9.69. The van der Waals surface area contributed by atoms with E-state index < -0.39 is 0 Å². The molecule has 150 valence electrons. The maximum atomic E-state index is 12.5. The van der Waals surface area contributed by atoms with E-state index in [0.717, 1.165) is 28.8 Å². The van der Waals surface area contributed by atoms with E-state index >= 15 is 0 Å². The summed E-state index contributed by atoms with van der Waals surface area (Å²) < 4.78 is 11.1. The van der Waals surface area contributed by atoms with Crippen LogP contribution in [0.1, 0.15) is 33.6 Å². The minimum Gasteiger partial charge on any atom is -0.472 e. The summed E-state index contributed by atoms with van der Waals surface area (Å²) in [7, 11) is 0. The number of hydrogen-bond donors (Lipinski definition) is 2. The molecule has 2 N–H and O–H groups in total. The van der Waals surface area contributed by atoms with Gasteiger partial charge in [0.25, 0.3) is 5.91 Å². The lowest BCUT2D eigenvalue weighted by atomic mass is 10.0. The highest BCUT2D eigenvalue weighted by Crippen LogP contribution is 2.23. The molecule has 1 amide bonds. The number of pyridine rings is 1. The molecule has 3 aromatic rings. The quantitative estimate of drug-likeness (QED) is 0.673. The van der Waals surface area contributed by atoms with Crippen molar-refractivity contribution >= 4 is 5.91 Å². The van der Waals surface area contributed by atoms with Gasteiger partial charge in [-0.25, -0.2) is 4.98 Å². The van der Waals surface area contributed by atoms with Crippen LogP contribution in [-0.4, -0.2) is 40.4 Å². The molecule has 7 nitrogen and oxygen atoms in total. The maximum absolute atomic E-state index is 12.5. The van der Waals surface area contributed by atoms with Gasteiger partial charge in [0, 0.05) is 30.8 Å². The smallest absolute Gasteiger partial charge is 0.269 e. The molecule has 4 rings (SSSR count). The standard InChI is InChI=1S/C22H24N4O3/c1-14-3-4-18(15(2)9-14)19-11-20(26-25-19)22(27)24-12-16-5-7-23-21(10-16)29-17-6-8-28-13-17/h3-5,7,9-11,17H,6,8,12-13H2,1-2H3,(H,24,27)(H,25,26)/t17-/m0/s1. The molecule has 1 fully saturated rings. The number of aromatic nitrogens is 3. The van der Waals surface area contributed by atoms with Crippen molar-refractivity contribution in [2.24, 2.45) is 0 Å². The number of amides is 1. The van der Waals surface area contributed by atoms with Crippen LogP contribution in [0.15, 0.2) is 42.6 Å². The molecule has 2 aromatic heterocycles. The van der Waals surface area contributed by atoms with Gasteiger partial charge in [0.2, 0.25) is 5.88 Å². The fraction of sp³-hybridized carbons (Fsp3) is 0.318. The summed E-state index contributed by atoms with van der Waals surface area (Å²) in [5, 5.41) is 10.0. The summed E-state index contributed by atoms with van der Waals surface area (Å²) in [6, 6.07) is 11.6. The van der Waals surface area contributed by atoms with Gasteiger partial charge in [-0.15, -0.1) is 0 Å². The van der Waals surface area contributed by atoms with Crippen molar-refractivity contribution in [1.29, 1.82) is 0 Å². The molecule has 3 heterocycles. The van der Waals surface area contributed by atoms with Gasteiger partial charge in [0.1, 0.15) is 11.8 Å². The van der Waals surface area contributed by atoms with E-state index in [-0.39, 0.29) is 12.0 Å². The molecular weight excluding hydrogens is 368 g/mol. The zero-order chi connectivity index (χ0) is 20.2. The fourth-order valence-corrected chi connectivity index (χ4v) is 3.36. The predicted molar refractivity (Wildman–Crippen MR) is 109 cm³/mol. The first-order chi connectivity index (χ1) is 14.1. The lowest BCUT2D eigenvalue weighted by Crippen LogP contribution is -2.23. The Bertz CT molecular complexity index is 1010. The molecule has 1 aliphatic rings.